The van der Waals surface area contributed by atoms with Gasteiger partial charge in [-0.25, -0.2) is 13.6 Å². The van der Waals surface area contributed by atoms with E-state index in [2.05, 4.69) is 10.4 Å². The number of aromatic carboxylic acids is 1. The molecule has 6 nitrogen and oxygen atoms in total. The molecule has 0 saturated carbocycles. The highest BCUT2D eigenvalue weighted by Crippen LogP contribution is 2.27. The maximum atomic E-state index is 13.7. The van der Waals surface area contributed by atoms with Crippen molar-refractivity contribution in [2.45, 2.75) is 25.8 Å². The van der Waals surface area contributed by atoms with E-state index in [1.165, 1.54) is 19.2 Å². The van der Waals surface area contributed by atoms with Gasteiger partial charge in [-0.1, -0.05) is 35.9 Å². The van der Waals surface area contributed by atoms with E-state index in [-0.39, 0.29) is 23.2 Å². The number of rotatable bonds is 7. The van der Waals surface area contributed by atoms with Crippen molar-refractivity contribution in [2.24, 2.45) is 7.05 Å². The number of benzene rings is 2. The van der Waals surface area contributed by atoms with Crippen LogP contribution in [0, 0.1) is 0 Å². The summed E-state index contributed by atoms with van der Waals surface area (Å²) in [5.74, 6) is -1.74. The predicted octanol–water partition coefficient (Wildman–Crippen LogP) is 4.79. The molecular weight excluding hydrogens is 428 g/mol. The number of nitrogens with one attached hydrogen (secondary N) is 1. The van der Waals surface area contributed by atoms with Crippen LogP contribution in [0.25, 0.3) is 0 Å². The van der Waals surface area contributed by atoms with E-state index in [9.17, 15) is 18.4 Å². The van der Waals surface area contributed by atoms with E-state index < -0.39 is 30.0 Å². The molecule has 1 aromatic heterocycles. The molecule has 0 radical (unpaired) electrons. The minimum atomic E-state index is -2.89. The lowest BCUT2D eigenvalue weighted by Gasteiger charge is -2.15. The number of carbonyl (C=O) groups excluding carboxylic acids is 1. The van der Waals surface area contributed by atoms with Crippen molar-refractivity contribution in [3.63, 3.8) is 0 Å². The molecule has 31 heavy (non-hydrogen) atoms. The summed E-state index contributed by atoms with van der Waals surface area (Å²) in [6, 6.07) is 12.3. The number of amides is 1. The van der Waals surface area contributed by atoms with Gasteiger partial charge in [0.15, 0.2) is 0 Å². The molecular formula is C22H20ClF2N3O3. The molecule has 3 aromatic rings. The van der Waals surface area contributed by atoms with Gasteiger partial charge in [-0.3, -0.25) is 9.48 Å². The lowest BCUT2D eigenvalue weighted by Crippen LogP contribution is -2.28. The monoisotopic (exact) mass is 447 g/mol. The van der Waals surface area contributed by atoms with Crippen LogP contribution in [-0.2, 0) is 13.5 Å². The highest BCUT2D eigenvalue weighted by atomic mass is 35.5. The highest BCUT2D eigenvalue weighted by molar-refractivity contribution is 6.30. The second kappa shape index (κ2) is 9.26. The van der Waals surface area contributed by atoms with E-state index in [0.29, 0.717) is 10.6 Å². The Hall–Kier alpha value is -3.26. The van der Waals surface area contributed by atoms with Crippen LogP contribution >= 0.6 is 11.6 Å². The zero-order valence-electron chi connectivity index (χ0n) is 16.8. The summed E-state index contributed by atoms with van der Waals surface area (Å²) in [4.78, 5) is 24.0. The van der Waals surface area contributed by atoms with Gasteiger partial charge in [0.2, 0.25) is 0 Å². The largest absolute Gasteiger partial charge is 0.478 e. The van der Waals surface area contributed by atoms with Gasteiger partial charge < -0.3 is 10.4 Å². The number of hydrogen-bond donors (Lipinski definition) is 2. The number of aryl methyl sites for hydroxylation is 1. The smallest absolute Gasteiger partial charge is 0.335 e. The number of nitrogens with zero attached hydrogens (tertiary/aromatic N) is 2. The normalized spacial score (nSPS) is 12.1. The molecule has 162 valence electrons. The first kappa shape index (κ1) is 22.4. The van der Waals surface area contributed by atoms with Crippen LogP contribution in [0.15, 0.2) is 48.5 Å². The van der Waals surface area contributed by atoms with Crippen LogP contribution in [0.3, 0.4) is 0 Å². The average molecular weight is 448 g/mol. The predicted molar refractivity (Wildman–Crippen MR) is 112 cm³/mol. The number of carboxylic acids is 1. The fraction of sp³-hybridized carbons (Fsp3) is 0.227. The number of alkyl halides is 2. The maximum absolute atomic E-state index is 13.7. The Morgan fingerprint density at radius 2 is 1.74 bits per heavy atom. The molecule has 0 saturated heterocycles. The van der Waals surface area contributed by atoms with E-state index in [1.807, 2.05) is 0 Å². The topological polar surface area (TPSA) is 84.2 Å². The van der Waals surface area contributed by atoms with Crippen LogP contribution in [0.2, 0.25) is 5.02 Å². The van der Waals surface area contributed by atoms with Crippen molar-refractivity contribution in [1.82, 2.24) is 15.1 Å². The molecule has 9 heteroatoms. The molecule has 0 bridgehead atoms. The van der Waals surface area contributed by atoms with Gasteiger partial charge >= 0.3 is 5.97 Å². The molecule has 0 aliphatic rings. The second-order valence-corrected chi connectivity index (χ2v) is 7.49. The SMILES string of the molecule is C[C@H](NC(=O)c1c(Cc2ccc(Cl)cc2)nn(C)c1C(F)F)c1ccc(C(=O)O)cc1. The molecule has 0 unspecified atom stereocenters. The van der Waals surface area contributed by atoms with Crippen LogP contribution in [0.1, 0.15) is 62.6 Å². The number of hydrogen-bond acceptors (Lipinski definition) is 3. The Balaban J connectivity index is 1.89. The Morgan fingerprint density at radius 3 is 2.29 bits per heavy atom. The molecule has 0 aliphatic carbocycles. The molecule has 2 aromatic carbocycles. The summed E-state index contributed by atoms with van der Waals surface area (Å²) in [5.41, 5.74) is 1.12. The van der Waals surface area contributed by atoms with E-state index in [4.69, 9.17) is 16.7 Å². The van der Waals surface area contributed by atoms with Gasteiger partial charge in [-0.15, -0.1) is 0 Å². The fourth-order valence-corrected chi connectivity index (χ4v) is 3.40. The quantitative estimate of drug-likeness (QED) is 0.545. The van der Waals surface area contributed by atoms with Crippen molar-refractivity contribution < 1.29 is 23.5 Å². The van der Waals surface area contributed by atoms with Gasteiger partial charge in [-0.05, 0) is 42.3 Å². The third kappa shape index (κ3) is 5.08. The van der Waals surface area contributed by atoms with E-state index >= 15 is 0 Å². The second-order valence-electron chi connectivity index (χ2n) is 7.06. The summed E-state index contributed by atoms with van der Waals surface area (Å²) >= 11 is 5.89. The van der Waals surface area contributed by atoms with Crippen LogP contribution in [0.5, 0.6) is 0 Å². The molecule has 1 amide bonds. The Bertz CT molecular complexity index is 1100. The summed E-state index contributed by atoms with van der Waals surface area (Å²) in [5, 5.41) is 16.4. The molecule has 3 rings (SSSR count). The first-order valence-corrected chi connectivity index (χ1v) is 9.77. The third-order valence-corrected chi connectivity index (χ3v) is 5.14. The molecule has 0 fully saturated rings. The molecule has 1 atom stereocenters. The summed E-state index contributed by atoms with van der Waals surface area (Å²) < 4.78 is 28.5. The zero-order valence-corrected chi connectivity index (χ0v) is 17.5. The van der Waals surface area contributed by atoms with Gasteiger partial charge in [0.1, 0.15) is 5.69 Å². The van der Waals surface area contributed by atoms with Gasteiger partial charge in [0.05, 0.1) is 22.9 Å². The molecule has 0 spiro atoms. The van der Waals surface area contributed by atoms with Gasteiger partial charge in [-0.2, -0.15) is 5.10 Å². The Kier molecular flexibility index (Phi) is 6.70. The first-order chi connectivity index (χ1) is 14.7. The average Bonchev–Trinajstić information content (AvgIpc) is 3.05. The Morgan fingerprint density at radius 1 is 1.13 bits per heavy atom. The zero-order chi connectivity index (χ0) is 22.7. The summed E-state index contributed by atoms with van der Waals surface area (Å²) in [6.45, 7) is 1.69. The highest BCUT2D eigenvalue weighted by Gasteiger charge is 2.29. The van der Waals surface area contributed by atoms with Gasteiger partial charge in [0, 0.05) is 18.5 Å². The lowest BCUT2D eigenvalue weighted by atomic mass is 10.0. The minimum absolute atomic E-state index is 0.111. The first-order valence-electron chi connectivity index (χ1n) is 9.39. The number of carbonyl (C=O) groups is 2. The van der Waals surface area contributed by atoms with Crippen molar-refractivity contribution in [3.8, 4) is 0 Å². The van der Waals surface area contributed by atoms with E-state index in [0.717, 1.165) is 10.2 Å². The number of halogens is 3. The van der Waals surface area contributed by atoms with Crippen molar-refractivity contribution >= 4 is 23.5 Å². The van der Waals surface area contributed by atoms with Gasteiger partial charge in [0.25, 0.3) is 12.3 Å². The number of carboxylic acid groups (broad SMARTS) is 1. The lowest BCUT2D eigenvalue weighted by molar-refractivity contribution is 0.0696. The molecule has 1 heterocycles. The molecule has 0 aliphatic heterocycles. The third-order valence-electron chi connectivity index (χ3n) is 4.89. The van der Waals surface area contributed by atoms with Crippen LogP contribution < -0.4 is 5.32 Å². The Labute approximate surface area is 182 Å². The molecule has 2 N–H and O–H groups in total. The van der Waals surface area contributed by atoms with Crippen LogP contribution in [0.4, 0.5) is 8.78 Å². The van der Waals surface area contributed by atoms with Crippen LogP contribution in [-0.4, -0.2) is 26.8 Å². The minimum Gasteiger partial charge on any atom is -0.478 e. The summed E-state index contributed by atoms with van der Waals surface area (Å²) in [6.07, 6.45) is -2.70. The van der Waals surface area contributed by atoms with E-state index in [1.54, 1.807) is 43.3 Å². The number of aromatic nitrogens is 2. The van der Waals surface area contributed by atoms with Crippen molar-refractivity contribution in [2.75, 3.05) is 0 Å². The fourth-order valence-electron chi connectivity index (χ4n) is 3.28. The summed E-state index contributed by atoms with van der Waals surface area (Å²) in [7, 11) is 1.37. The standard InChI is InChI=1S/C22H20ClF2N3O3/c1-12(14-5-7-15(8-6-14)22(30)31)26-21(29)18-17(27-28(2)19(18)20(24)25)11-13-3-9-16(23)10-4-13/h3-10,12,20H,11H2,1-2H3,(H,26,29)(H,30,31)/t12-/m0/s1. The van der Waals surface area contributed by atoms with Crippen molar-refractivity contribution in [1.29, 1.82) is 0 Å². The van der Waals surface area contributed by atoms with Crippen molar-refractivity contribution in [3.05, 3.63) is 87.2 Å². The maximum Gasteiger partial charge on any atom is 0.335 e.